The molecule has 0 saturated carbocycles. The highest BCUT2D eigenvalue weighted by atomic mass is 35.5. The summed E-state index contributed by atoms with van der Waals surface area (Å²) in [5, 5.41) is 4.07. The predicted octanol–water partition coefficient (Wildman–Crippen LogP) is 6.24. The van der Waals surface area contributed by atoms with Crippen molar-refractivity contribution in [3.05, 3.63) is 63.1 Å². The van der Waals surface area contributed by atoms with Crippen LogP contribution in [-0.4, -0.2) is 24.3 Å². The van der Waals surface area contributed by atoms with Crippen LogP contribution in [0.2, 0.25) is 10.0 Å². The van der Waals surface area contributed by atoms with E-state index in [2.05, 4.69) is 31.3 Å². The van der Waals surface area contributed by atoms with E-state index in [0.717, 1.165) is 33.9 Å². The molecule has 2 rings (SSSR count). The molecule has 2 aromatic rings. The Balaban J connectivity index is 1.77. The van der Waals surface area contributed by atoms with Crippen molar-refractivity contribution in [2.24, 2.45) is 0 Å². The zero-order chi connectivity index (χ0) is 20.7. The lowest BCUT2D eigenvalue weighted by Crippen LogP contribution is -2.37. The van der Waals surface area contributed by atoms with Gasteiger partial charge in [-0.15, -0.1) is 0 Å². The number of hydrogen-bond donors (Lipinski definition) is 1. The molecule has 2 aromatic carbocycles. The second-order valence-corrected chi connectivity index (χ2v) is 8.97. The molecule has 1 atom stereocenters. The van der Waals surface area contributed by atoms with Gasteiger partial charge in [-0.25, -0.2) is 0 Å². The van der Waals surface area contributed by atoms with Crippen molar-refractivity contribution in [2.45, 2.75) is 45.5 Å². The summed E-state index contributed by atoms with van der Waals surface area (Å²) in [6.07, 6.45) is -0.542. The maximum absolute atomic E-state index is 12.4. The summed E-state index contributed by atoms with van der Waals surface area (Å²) < 4.78 is 5.95. The minimum atomic E-state index is -0.542. The molecule has 1 N–H and O–H groups in total. The van der Waals surface area contributed by atoms with E-state index < -0.39 is 6.10 Å². The summed E-state index contributed by atoms with van der Waals surface area (Å²) in [4.78, 5) is 12.4. The molecule has 3 nitrogen and oxygen atoms in total. The van der Waals surface area contributed by atoms with Gasteiger partial charge in [-0.1, -0.05) is 55.2 Å². The summed E-state index contributed by atoms with van der Waals surface area (Å²) in [7, 11) is 0. The van der Waals surface area contributed by atoms with Gasteiger partial charge in [0.25, 0.3) is 5.91 Å². The fraction of sp³-hybridized carbons (Fsp3) is 0.409. The molecule has 0 aliphatic heterocycles. The summed E-state index contributed by atoms with van der Waals surface area (Å²) in [6.45, 7) is 8.63. The van der Waals surface area contributed by atoms with Gasteiger partial charge < -0.3 is 10.1 Å². The number of aryl methyl sites for hydroxylation is 1. The molecule has 0 radical (unpaired) electrons. The Kier molecular flexibility index (Phi) is 9.00. The average Bonchev–Trinajstić information content (AvgIpc) is 2.63. The van der Waals surface area contributed by atoms with Gasteiger partial charge in [0.15, 0.2) is 6.10 Å². The van der Waals surface area contributed by atoms with Gasteiger partial charge in [0.1, 0.15) is 5.75 Å². The lowest BCUT2D eigenvalue weighted by atomic mass is 10.0. The van der Waals surface area contributed by atoms with Crippen molar-refractivity contribution in [3.63, 3.8) is 0 Å². The Hall–Kier alpha value is -1.36. The number of hydrogen-bond acceptors (Lipinski definition) is 3. The summed E-state index contributed by atoms with van der Waals surface area (Å²) >= 11 is 13.7. The van der Waals surface area contributed by atoms with Crippen LogP contribution < -0.4 is 10.1 Å². The number of carbonyl (C=O) groups excluding carboxylic acids is 1. The van der Waals surface area contributed by atoms with E-state index in [4.69, 9.17) is 27.9 Å². The molecule has 28 heavy (non-hydrogen) atoms. The molecule has 0 heterocycles. The van der Waals surface area contributed by atoms with Crippen molar-refractivity contribution in [3.8, 4) is 5.75 Å². The van der Waals surface area contributed by atoms with Crippen LogP contribution in [0.4, 0.5) is 0 Å². The Morgan fingerprint density at radius 3 is 2.54 bits per heavy atom. The van der Waals surface area contributed by atoms with Crippen molar-refractivity contribution >= 4 is 40.9 Å². The lowest BCUT2D eigenvalue weighted by molar-refractivity contribution is -0.127. The minimum Gasteiger partial charge on any atom is -0.481 e. The first-order valence-corrected chi connectivity index (χ1v) is 11.3. The van der Waals surface area contributed by atoms with E-state index in [1.54, 1.807) is 24.8 Å². The highest BCUT2D eigenvalue weighted by Crippen LogP contribution is 2.28. The number of rotatable bonds is 9. The molecule has 0 spiro atoms. The van der Waals surface area contributed by atoms with E-state index in [9.17, 15) is 4.79 Å². The molecular formula is C22H27Cl2NO2S. The van der Waals surface area contributed by atoms with Gasteiger partial charge in [0.2, 0.25) is 0 Å². The van der Waals surface area contributed by atoms with E-state index in [0.29, 0.717) is 22.5 Å². The Morgan fingerprint density at radius 2 is 1.86 bits per heavy atom. The maximum atomic E-state index is 12.4. The number of carbonyl (C=O) groups is 1. The molecule has 0 aliphatic rings. The zero-order valence-corrected chi connectivity index (χ0v) is 19.0. The first kappa shape index (κ1) is 22.9. The number of ether oxygens (including phenoxy) is 1. The van der Waals surface area contributed by atoms with Crippen LogP contribution in [0.25, 0.3) is 0 Å². The average molecular weight is 440 g/mol. The van der Waals surface area contributed by atoms with Crippen LogP contribution in [0.5, 0.6) is 5.75 Å². The normalized spacial score (nSPS) is 12.1. The van der Waals surface area contributed by atoms with Gasteiger partial charge in [0.05, 0.1) is 10.0 Å². The maximum Gasteiger partial charge on any atom is 0.260 e. The summed E-state index contributed by atoms with van der Waals surface area (Å²) in [5.74, 6) is 2.64. The number of amides is 1. The first-order chi connectivity index (χ1) is 13.3. The van der Waals surface area contributed by atoms with Gasteiger partial charge >= 0.3 is 0 Å². The Morgan fingerprint density at radius 1 is 1.11 bits per heavy atom. The summed E-state index contributed by atoms with van der Waals surface area (Å²) in [5.41, 5.74) is 3.34. The third-order valence-electron chi connectivity index (χ3n) is 4.26. The van der Waals surface area contributed by atoms with Crippen molar-refractivity contribution in [1.29, 1.82) is 0 Å². The fourth-order valence-corrected chi connectivity index (χ4v) is 3.80. The van der Waals surface area contributed by atoms with Gasteiger partial charge in [0, 0.05) is 18.1 Å². The molecule has 0 bridgehead atoms. The van der Waals surface area contributed by atoms with Crippen LogP contribution in [0.1, 0.15) is 43.4 Å². The highest BCUT2D eigenvalue weighted by molar-refractivity contribution is 7.98. The Labute approximate surface area is 182 Å². The largest absolute Gasteiger partial charge is 0.481 e. The number of halogens is 2. The molecule has 152 valence electrons. The SMILES string of the molecule is Cc1ccc(C(C)C)c(O[C@@H](C)C(=O)NCCSCc2ccc(Cl)c(Cl)c2)c1. The summed E-state index contributed by atoms with van der Waals surface area (Å²) in [6, 6.07) is 11.8. The van der Waals surface area contributed by atoms with Crippen molar-refractivity contribution in [1.82, 2.24) is 5.32 Å². The third-order valence-corrected chi connectivity index (χ3v) is 6.03. The topological polar surface area (TPSA) is 38.3 Å². The van der Waals surface area contributed by atoms with E-state index in [1.807, 2.05) is 25.1 Å². The van der Waals surface area contributed by atoms with Crippen LogP contribution in [0.15, 0.2) is 36.4 Å². The van der Waals surface area contributed by atoms with Crippen LogP contribution in [0, 0.1) is 6.92 Å². The molecule has 0 unspecified atom stereocenters. The van der Waals surface area contributed by atoms with Crippen LogP contribution >= 0.6 is 35.0 Å². The van der Waals surface area contributed by atoms with Gasteiger partial charge in [-0.3, -0.25) is 4.79 Å². The predicted molar refractivity (Wildman–Crippen MR) is 121 cm³/mol. The monoisotopic (exact) mass is 439 g/mol. The zero-order valence-electron chi connectivity index (χ0n) is 16.7. The minimum absolute atomic E-state index is 0.105. The van der Waals surface area contributed by atoms with Crippen molar-refractivity contribution < 1.29 is 9.53 Å². The molecular weight excluding hydrogens is 413 g/mol. The van der Waals surface area contributed by atoms with E-state index >= 15 is 0 Å². The highest BCUT2D eigenvalue weighted by Gasteiger charge is 2.17. The second kappa shape index (κ2) is 11.0. The van der Waals surface area contributed by atoms with Gasteiger partial charge in [-0.2, -0.15) is 11.8 Å². The van der Waals surface area contributed by atoms with Crippen LogP contribution in [-0.2, 0) is 10.5 Å². The number of nitrogens with one attached hydrogen (secondary N) is 1. The first-order valence-electron chi connectivity index (χ1n) is 9.34. The van der Waals surface area contributed by atoms with Crippen molar-refractivity contribution in [2.75, 3.05) is 12.3 Å². The second-order valence-electron chi connectivity index (χ2n) is 7.05. The lowest BCUT2D eigenvalue weighted by Gasteiger charge is -2.19. The van der Waals surface area contributed by atoms with Crippen LogP contribution in [0.3, 0.4) is 0 Å². The quantitative estimate of drug-likeness (QED) is 0.469. The molecule has 6 heteroatoms. The van der Waals surface area contributed by atoms with E-state index in [-0.39, 0.29) is 5.91 Å². The molecule has 0 aliphatic carbocycles. The number of thioether (sulfide) groups is 1. The third kappa shape index (κ3) is 6.91. The van der Waals surface area contributed by atoms with E-state index in [1.165, 1.54) is 0 Å². The Bertz CT molecular complexity index is 811. The smallest absolute Gasteiger partial charge is 0.260 e. The standard InChI is InChI=1S/C22H27Cl2NO2S/c1-14(2)18-7-5-15(3)11-21(18)27-16(4)22(26)25-9-10-28-13-17-6-8-19(23)20(24)12-17/h5-8,11-12,14,16H,9-10,13H2,1-4H3,(H,25,26)/t16-/m0/s1. The molecule has 0 aromatic heterocycles. The molecule has 0 fully saturated rings. The fourth-order valence-electron chi connectivity index (χ4n) is 2.67. The molecule has 1 amide bonds. The number of benzene rings is 2. The molecule has 0 saturated heterocycles. The van der Waals surface area contributed by atoms with Gasteiger partial charge in [-0.05, 0) is 54.7 Å².